The molecule has 22 heavy (non-hydrogen) atoms. The van der Waals surface area contributed by atoms with E-state index in [0.717, 1.165) is 44.6 Å². The summed E-state index contributed by atoms with van der Waals surface area (Å²) in [6, 6.07) is 1.74. The maximum absolute atomic E-state index is 10.7. The Hall–Kier alpha value is -1.89. The van der Waals surface area contributed by atoms with Crippen LogP contribution in [0, 0.1) is 5.92 Å². The minimum atomic E-state index is 0.385. The smallest absolute Gasteiger partial charge is 0.255 e. The van der Waals surface area contributed by atoms with Crippen LogP contribution in [-0.4, -0.2) is 51.0 Å². The van der Waals surface area contributed by atoms with Gasteiger partial charge in [-0.2, -0.15) is 19.6 Å². The number of nitrogens with zero attached hydrogens (tertiary/aromatic N) is 5. The van der Waals surface area contributed by atoms with E-state index >= 15 is 0 Å². The maximum atomic E-state index is 10.7. The van der Waals surface area contributed by atoms with Gasteiger partial charge in [0.1, 0.15) is 17.3 Å². The van der Waals surface area contributed by atoms with E-state index in [2.05, 4.69) is 27.3 Å². The van der Waals surface area contributed by atoms with Gasteiger partial charge in [0.05, 0.1) is 0 Å². The summed E-state index contributed by atoms with van der Waals surface area (Å²) in [5.41, 5.74) is 0. The van der Waals surface area contributed by atoms with Crippen molar-refractivity contribution in [2.24, 2.45) is 5.92 Å². The molecule has 2 heterocycles. The van der Waals surface area contributed by atoms with Gasteiger partial charge in [-0.15, -0.1) is 0 Å². The van der Waals surface area contributed by atoms with Gasteiger partial charge in [-0.3, -0.25) is 4.79 Å². The first-order valence-corrected chi connectivity index (χ1v) is 7.77. The number of carbonyl (C=O) groups is 1. The summed E-state index contributed by atoms with van der Waals surface area (Å²) in [6.45, 7) is 3.71. The van der Waals surface area contributed by atoms with Crippen LogP contribution in [0.3, 0.4) is 0 Å². The van der Waals surface area contributed by atoms with Crippen molar-refractivity contribution in [1.29, 1.82) is 0 Å². The topological polar surface area (TPSA) is 75.4 Å². The van der Waals surface area contributed by atoms with Crippen LogP contribution < -0.4 is 5.32 Å². The lowest BCUT2D eigenvalue weighted by Crippen LogP contribution is -2.23. The molecule has 2 aromatic rings. The van der Waals surface area contributed by atoms with Gasteiger partial charge in [0.2, 0.25) is 6.41 Å². The second-order valence-electron chi connectivity index (χ2n) is 5.35. The van der Waals surface area contributed by atoms with Crippen LogP contribution in [0.2, 0.25) is 5.15 Å². The Morgan fingerprint density at radius 3 is 3.05 bits per heavy atom. The molecule has 120 valence electrons. The Morgan fingerprint density at radius 1 is 1.50 bits per heavy atom. The molecule has 0 spiro atoms. The van der Waals surface area contributed by atoms with Crippen LogP contribution in [0.4, 0.5) is 5.82 Å². The van der Waals surface area contributed by atoms with E-state index in [4.69, 9.17) is 11.6 Å². The minimum absolute atomic E-state index is 0.385. The summed E-state index contributed by atoms with van der Waals surface area (Å²) in [6.07, 6.45) is 5.46. The van der Waals surface area contributed by atoms with E-state index in [1.54, 1.807) is 22.5 Å². The minimum Gasteiger partial charge on any atom is -0.370 e. The van der Waals surface area contributed by atoms with E-state index in [1.807, 2.05) is 0 Å². The van der Waals surface area contributed by atoms with Crippen LogP contribution in [0.1, 0.15) is 26.2 Å². The van der Waals surface area contributed by atoms with Gasteiger partial charge in [0.15, 0.2) is 0 Å². The predicted molar refractivity (Wildman–Crippen MR) is 86.0 cm³/mol. The van der Waals surface area contributed by atoms with E-state index in [1.165, 1.54) is 6.33 Å². The number of nitrogens with one attached hydrogen (secondary N) is 1. The lowest BCUT2D eigenvalue weighted by atomic mass is 9.99. The fourth-order valence-corrected chi connectivity index (χ4v) is 2.53. The molecule has 0 aliphatic rings. The molecule has 1 N–H and O–H groups in total. The average Bonchev–Trinajstić information content (AvgIpc) is 2.97. The van der Waals surface area contributed by atoms with Crippen molar-refractivity contribution in [1.82, 2.24) is 24.5 Å². The number of amides is 1. The molecule has 1 unspecified atom stereocenters. The highest BCUT2D eigenvalue weighted by atomic mass is 35.5. The summed E-state index contributed by atoms with van der Waals surface area (Å²) in [4.78, 5) is 20.5. The Labute approximate surface area is 134 Å². The second kappa shape index (κ2) is 7.93. The third kappa shape index (κ3) is 4.30. The molecular weight excluding hydrogens is 304 g/mol. The number of anilines is 1. The van der Waals surface area contributed by atoms with Crippen molar-refractivity contribution in [2.75, 3.05) is 25.5 Å². The Morgan fingerprint density at radius 2 is 2.32 bits per heavy atom. The van der Waals surface area contributed by atoms with Gasteiger partial charge in [-0.1, -0.05) is 24.9 Å². The number of aromatic nitrogens is 4. The third-order valence-corrected chi connectivity index (χ3v) is 3.75. The van der Waals surface area contributed by atoms with Gasteiger partial charge in [0.25, 0.3) is 5.78 Å². The van der Waals surface area contributed by atoms with Gasteiger partial charge in [0, 0.05) is 26.2 Å². The molecule has 2 rings (SSSR count). The number of rotatable bonds is 9. The molecule has 1 atom stereocenters. The third-order valence-electron chi connectivity index (χ3n) is 3.56. The summed E-state index contributed by atoms with van der Waals surface area (Å²) in [5.74, 6) is 1.72. The molecule has 2 aromatic heterocycles. The van der Waals surface area contributed by atoms with E-state index in [-0.39, 0.29) is 0 Å². The Kier molecular flexibility index (Phi) is 5.94. The first kappa shape index (κ1) is 16.5. The normalized spacial score (nSPS) is 12.3. The Balaban J connectivity index is 2.01. The van der Waals surface area contributed by atoms with Gasteiger partial charge in [-0.05, 0) is 18.8 Å². The van der Waals surface area contributed by atoms with Crippen molar-refractivity contribution in [3.8, 4) is 0 Å². The standard InChI is InChI=1S/C14H21ClN6O/c1-3-4-11(5-6-20(2)10-22)8-16-13-7-12(15)19-14-17-9-18-21(13)14/h7,9-11,16H,3-6,8H2,1-2H3. The zero-order valence-corrected chi connectivity index (χ0v) is 13.6. The predicted octanol–water partition coefficient (Wildman–Crippen LogP) is 2.08. The van der Waals surface area contributed by atoms with Crippen LogP contribution in [0.25, 0.3) is 5.78 Å². The number of hydrogen-bond acceptors (Lipinski definition) is 5. The quantitative estimate of drug-likeness (QED) is 0.564. The molecule has 0 aromatic carbocycles. The monoisotopic (exact) mass is 324 g/mol. The lowest BCUT2D eigenvalue weighted by molar-refractivity contribution is -0.117. The van der Waals surface area contributed by atoms with Crippen LogP contribution in [0.5, 0.6) is 0 Å². The largest absolute Gasteiger partial charge is 0.370 e. The summed E-state index contributed by atoms with van der Waals surface area (Å²) >= 11 is 6.00. The fraction of sp³-hybridized carbons (Fsp3) is 0.571. The molecular formula is C14H21ClN6O. The zero-order chi connectivity index (χ0) is 15.9. The SMILES string of the molecule is CCCC(CCN(C)C=O)CNc1cc(Cl)nc2ncnn12. The number of fused-ring (bicyclic) bond motifs is 1. The van der Waals surface area contributed by atoms with E-state index in [0.29, 0.717) is 16.8 Å². The van der Waals surface area contributed by atoms with E-state index < -0.39 is 0 Å². The van der Waals surface area contributed by atoms with E-state index in [9.17, 15) is 4.79 Å². The molecule has 7 nitrogen and oxygen atoms in total. The molecule has 8 heteroatoms. The zero-order valence-electron chi connectivity index (χ0n) is 12.9. The Bertz CT molecular complexity index is 616. The lowest BCUT2D eigenvalue weighted by Gasteiger charge is -2.20. The molecule has 0 bridgehead atoms. The number of hydrogen-bond donors (Lipinski definition) is 1. The van der Waals surface area contributed by atoms with Gasteiger partial charge >= 0.3 is 0 Å². The van der Waals surface area contributed by atoms with Crippen LogP contribution in [-0.2, 0) is 4.79 Å². The second-order valence-corrected chi connectivity index (χ2v) is 5.73. The highest BCUT2D eigenvalue weighted by molar-refractivity contribution is 6.29. The number of halogens is 1. The molecule has 0 saturated carbocycles. The molecule has 0 radical (unpaired) electrons. The molecule has 0 fully saturated rings. The van der Waals surface area contributed by atoms with Crippen LogP contribution >= 0.6 is 11.6 Å². The van der Waals surface area contributed by atoms with Gasteiger partial charge < -0.3 is 10.2 Å². The number of carbonyl (C=O) groups excluding carboxylic acids is 1. The van der Waals surface area contributed by atoms with Crippen molar-refractivity contribution >= 4 is 29.6 Å². The van der Waals surface area contributed by atoms with Crippen molar-refractivity contribution in [2.45, 2.75) is 26.2 Å². The highest BCUT2D eigenvalue weighted by Crippen LogP contribution is 2.17. The first-order chi connectivity index (χ1) is 10.6. The molecule has 0 aliphatic carbocycles. The van der Waals surface area contributed by atoms with Crippen LogP contribution in [0.15, 0.2) is 12.4 Å². The molecule has 1 amide bonds. The highest BCUT2D eigenvalue weighted by Gasteiger charge is 2.11. The summed E-state index contributed by atoms with van der Waals surface area (Å²) in [5, 5.41) is 7.89. The molecule has 0 saturated heterocycles. The summed E-state index contributed by atoms with van der Waals surface area (Å²) in [7, 11) is 1.80. The first-order valence-electron chi connectivity index (χ1n) is 7.39. The van der Waals surface area contributed by atoms with Gasteiger partial charge in [-0.25, -0.2) is 0 Å². The maximum Gasteiger partial charge on any atom is 0.255 e. The van der Waals surface area contributed by atoms with Crippen molar-refractivity contribution < 1.29 is 4.79 Å². The van der Waals surface area contributed by atoms with Crippen molar-refractivity contribution in [3.63, 3.8) is 0 Å². The fourth-order valence-electron chi connectivity index (χ4n) is 2.35. The molecule has 0 aliphatic heterocycles. The average molecular weight is 325 g/mol. The van der Waals surface area contributed by atoms with Crippen molar-refractivity contribution in [3.05, 3.63) is 17.5 Å². The summed E-state index contributed by atoms with van der Waals surface area (Å²) < 4.78 is 1.63.